The molecule has 1 aliphatic heterocycles. The first-order valence-electron chi connectivity index (χ1n) is 10.1. The van der Waals surface area contributed by atoms with Gasteiger partial charge in [-0.3, -0.25) is 9.69 Å². The number of rotatable bonds is 5. The lowest BCUT2D eigenvalue weighted by Gasteiger charge is -2.35. The maximum atomic E-state index is 12.7. The number of nitrogens with zero attached hydrogens (tertiary/aromatic N) is 1. The van der Waals surface area contributed by atoms with Crippen LogP contribution in [0.3, 0.4) is 0 Å². The van der Waals surface area contributed by atoms with Crippen molar-refractivity contribution in [1.29, 1.82) is 0 Å². The van der Waals surface area contributed by atoms with Crippen LogP contribution < -0.4 is 11.1 Å². The van der Waals surface area contributed by atoms with E-state index >= 15 is 0 Å². The third kappa shape index (κ3) is 4.42. The molecule has 4 nitrogen and oxygen atoms in total. The van der Waals surface area contributed by atoms with Crippen LogP contribution in [0.15, 0.2) is 41.8 Å². The minimum atomic E-state index is 0.0787. The average Bonchev–Trinajstić information content (AvgIpc) is 3.17. The summed E-state index contributed by atoms with van der Waals surface area (Å²) in [6, 6.07) is 13.2. The molecule has 1 aliphatic carbocycles. The highest BCUT2D eigenvalue weighted by molar-refractivity contribution is 7.10. The fourth-order valence-corrected chi connectivity index (χ4v) is 5.37. The van der Waals surface area contributed by atoms with Crippen LogP contribution in [-0.2, 0) is 17.8 Å². The number of hydrogen-bond acceptors (Lipinski definition) is 4. The summed E-state index contributed by atoms with van der Waals surface area (Å²) < 4.78 is 0. The number of carbonyl (C=O) groups is 1. The van der Waals surface area contributed by atoms with Crippen molar-refractivity contribution in [2.24, 2.45) is 11.7 Å². The van der Waals surface area contributed by atoms with Gasteiger partial charge >= 0.3 is 0 Å². The van der Waals surface area contributed by atoms with Gasteiger partial charge < -0.3 is 11.1 Å². The van der Waals surface area contributed by atoms with Gasteiger partial charge in [0.1, 0.15) is 0 Å². The lowest BCUT2D eigenvalue weighted by atomic mass is 9.85. The van der Waals surface area contributed by atoms with Crippen molar-refractivity contribution in [2.45, 2.75) is 50.7 Å². The highest BCUT2D eigenvalue weighted by Gasteiger charge is 2.28. The van der Waals surface area contributed by atoms with E-state index in [1.54, 1.807) is 0 Å². The third-order valence-corrected chi connectivity index (χ3v) is 7.04. The highest BCUT2D eigenvalue weighted by atomic mass is 32.1. The number of nitrogens with one attached hydrogen (secondary N) is 1. The van der Waals surface area contributed by atoms with E-state index < -0.39 is 0 Å². The van der Waals surface area contributed by atoms with Crippen LogP contribution in [0.25, 0.3) is 0 Å². The molecule has 3 atom stereocenters. The SMILES string of the molecule is NC1CCCC(C(=O)NCC(c2ccccc2)N2CCc3sccc3C2)C1. The molecule has 1 saturated carbocycles. The first-order valence-corrected chi connectivity index (χ1v) is 11.0. The Labute approximate surface area is 165 Å². The second-order valence-electron chi connectivity index (χ2n) is 7.88. The molecule has 144 valence electrons. The maximum Gasteiger partial charge on any atom is 0.223 e. The van der Waals surface area contributed by atoms with E-state index in [-0.39, 0.29) is 23.9 Å². The summed E-state index contributed by atoms with van der Waals surface area (Å²) >= 11 is 1.86. The number of hydrogen-bond donors (Lipinski definition) is 2. The van der Waals surface area contributed by atoms with Gasteiger partial charge in [-0.05, 0) is 48.3 Å². The highest BCUT2D eigenvalue weighted by Crippen LogP contribution is 2.30. The number of thiophene rings is 1. The predicted molar refractivity (Wildman–Crippen MR) is 111 cm³/mol. The molecule has 1 fully saturated rings. The molecular formula is C22H29N3OS. The summed E-state index contributed by atoms with van der Waals surface area (Å²) in [6.07, 6.45) is 5.00. The molecule has 1 aromatic heterocycles. The molecule has 3 unspecified atom stereocenters. The standard InChI is InChI=1S/C22H29N3OS/c23-19-8-4-7-17(13-19)22(26)24-14-20(16-5-2-1-3-6-16)25-11-9-21-18(15-25)10-12-27-21/h1-3,5-6,10,12,17,19-20H,4,7-9,11,13-15,23H2,(H,24,26). The Morgan fingerprint density at radius 2 is 2.11 bits per heavy atom. The van der Waals surface area contributed by atoms with Crippen molar-refractivity contribution in [3.05, 3.63) is 57.8 Å². The minimum absolute atomic E-state index is 0.0787. The lowest BCUT2D eigenvalue weighted by molar-refractivity contribution is -0.126. The summed E-state index contributed by atoms with van der Waals surface area (Å²) in [5.74, 6) is 0.259. The van der Waals surface area contributed by atoms with E-state index in [1.165, 1.54) is 16.0 Å². The monoisotopic (exact) mass is 383 g/mol. The van der Waals surface area contributed by atoms with Crippen LogP contribution in [0, 0.1) is 5.92 Å². The Kier molecular flexibility index (Phi) is 5.91. The van der Waals surface area contributed by atoms with Crippen LogP contribution in [0.4, 0.5) is 0 Å². The number of carbonyl (C=O) groups excluding carboxylic acids is 1. The Balaban J connectivity index is 1.45. The van der Waals surface area contributed by atoms with Gasteiger partial charge in [-0.25, -0.2) is 0 Å². The molecule has 4 rings (SSSR count). The molecule has 2 aliphatic rings. The minimum Gasteiger partial charge on any atom is -0.354 e. The van der Waals surface area contributed by atoms with Gasteiger partial charge in [0.25, 0.3) is 0 Å². The van der Waals surface area contributed by atoms with Gasteiger partial charge in [0.2, 0.25) is 5.91 Å². The predicted octanol–water partition coefficient (Wildman–Crippen LogP) is 3.48. The molecule has 5 heteroatoms. The van der Waals surface area contributed by atoms with Crippen LogP contribution >= 0.6 is 11.3 Å². The number of benzene rings is 1. The maximum absolute atomic E-state index is 12.7. The molecule has 2 heterocycles. The smallest absolute Gasteiger partial charge is 0.223 e. The van der Waals surface area contributed by atoms with Gasteiger partial charge in [-0.1, -0.05) is 36.8 Å². The summed E-state index contributed by atoms with van der Waals surface area (Å²) in [5, 5.41) is 5.45. The molecule has 1 aromatic carbocycles. The van der Waals surface area contributed by atoms with Crippen LogP contribution in [0.2, 0.25) is 0 Å². The molecule has 3 N–H and O–H groups in total. The summed E-state index contributed by atoms with van der Waals surface area (Å²) in [4.78, 5) is 16.8. The number of amides is 1. The van der Waals surface area contributed by atoms with Crippen molar-refractivity contribution in [2.75, 3.05) is 13.1 Å². The van der Waals surface area contributed by atoms with Crippen molar-refractivity contribution in [3.8, 4) is 0 Å². The average molecular weight is 384 g/mol. The van der Waals surface area contributed by atoms with Gasteiger partial charge in [0.05, 0.1) is 6.04 Å². The largest absolute Gasteiger partial charge is 0.354 e. The first-order chi connectivity index (χ1) is 13.2. The Morgan fingerprint density at radius 3 is 2.93 bits per heavy atom. The van der Waals surface area contributed by atoms with Crippen LogP contribution in [0.5, 0.6) is 0 Å². The summed E-state index contributed by atoms with van der Waals surface area (Å²) in [6.45, 7) is 2.66. The van der Waals surface area contributed by atoms with Gasteiger partial charge in [-0.2, -0.15) is 0 Å². The molecule has 0 spiro atoms. The van der Waals surface area contributed by atoms with Crippen molar-refractivity contribution >= 4 is 17.2 Å². The van der Waals surface area contributed by atoms with Gasteiger partial charge in [0, 0.05) is 36.5 Å². The number of nitrogens with two attached hydrogens (primary N) is 1. The molecule has 2 aromatic rings. The summed E-state index contributed by atoms with van der Waals surface area (Å²) in [5.41, 5.74) is 8.79. The van der Waals surface area contributed by atoms with Crippen molar-refractivity contribution < 1.29 is 4.79 Å². The third-order valence-electron chi connectivity index (χ3n) is 6.02. The normalized spacial score (nSPS) is 24.2. The molecule has 27 heavy (non-hydrogen) atoms. The molecule has 0 radical (unpaired) electrons. The fraction of sp³-hybridized carbons (Fsp3) is 0.500. The lowest BCUT2D eigenvalue weighted by Crippen LogP contribution is -2.43. The fourth-order valence-electron chi connectivity index (χ4n) is 4.48. The van der Waals surface area contributed by atoms with Crippen molar-refractivity contribution in [1.82, 2.24) is 10.2 Å². The van der Waals surface area contributed by atoms with Crippen LogP contribution in [-0.4, -0.2) is 29.9 Å². The van der Waals surface area contributed by atoms with Crippen molar-refractivity contribution in [3.63, 3.8) is 0 Å². The second kappa shape index (κ2) is 8.55. The number of fused-ring (bicyclic) bond motifs is 1. The van der Waals surface area contributed by atoms with E-state index in [1.807, 2.05) is 11.3 Å². The zero-order valence-electron chi connectivity index (χ0n) is 15.8. The molecule has 1 amide bonds. The molecular weight excluding hydrogens is 354 g/mol. The van der Waals surface area contributed by atoms with Gasteiger partial charge in [-0.15, -0.1) is 11.3 Å². The van der Waals surface area contributed by atoms with Crippen LogP contribution in [0.1, 0.15) is 47.7 Å². The van der Waals surface area contributed by atoms with E-state index in [0.717, 1.165) is 45.2 Å². The van der Waals surface area contributed by atoms with E-state index in [2.05, 4.69) is 52.0 Å². The Morgan fingerprint density at radius 1 is 1.26 bits per heavy atom. The molecule has 0 bridgehead atoms. The molecule has 0 saturated heterocycles. The van der Waals surface area contributed by atoms with E-state index in [0.29, 0.717) is 6.54 Å². The zero-order chi connectivity index (χ0) is 18.6. The van der Waals surface area contributed by atoms with E-state index in [9.17, 15) is 4.79 Å². The first kappa shape index (κ1) is 18.7. The van der Waals surface area contributed by atoms with E-state index in [4.69, 9.17) is 5.73 Å². The Hall–Kier alpha value is -1.69. The second-order valence-corrected chi connectivity index (χ2v) is 8.89. The zero-order valence-corrected chi connectivity index (χ0v) is 16.6. The topological polar surface area (TPSA) is 58.4 Å². The quantitative estimate of drug-likeness (QED) is 0.831. The Bertz CT molecular complexity index is 760. The summed E-state index contributed by atoms with van der Waals surface area (Å²) in [7, 11) is 0. The van der Waals surface area contributed by atoms with Gasteiger partial charge in [0.15, 0.2) is 0 Å².